The number of hydrogen-bond donors (Lipinski definition) is 4. The van der Waals surface area contributed by atoms with Crippen molar-refractivity contribution in [1.82, 2.24) is 10.4 Å². The molecule has 0 unspecified atom stereocenters. The lowest BCUT2D eigenvalue weighted by atomic mass is 10.0. The maximum absolute atomic E-state index is 13.1. The molecule has 0 bridgehead atoms. The van der Waals surface area contributed by atoms with Crippen molar-refractivity contribution >= 4 is 34.2 Å². The average molecular weight is 426 g/mol. The SMILES string of the molecule is N=C1C(C(N)=O)=C(O)C(=CC(=O)c2cccc3ccccc23)N1NC(=O)c1ccccc1. The second-order valence-corrected chi connectivity index (χ2v) is 7.00. The van der Waals surface area contributed by atoms with E-state index in [0.29, 0.717) is 10.9 Å². The Balaban J connectivity index is 1.76. The number of aliphatic hydroxyl groups is 1. The molecule has 32 heavy (non-hydrogen) atoms. The number of benzene rings is 3. The molecule has 0 saturated heterocycles. The fourth-order valence-electron chi connectivity index (χ4n) is 3.46. The first-order chi connectivity index (χ1) is 15.4. The van der Waals surface area contributed by atoms with E-state index in [1.807, 2.05) is 18.2 Å². The minimum atomic E-state index is -1.06. The topological polar surface area (TPSA) is 137 Å². The van der Waals surface area contributed by atoms with Crippen LogP contribution in [0.1, 0.15) is 20.7 Å². The summed E-state index contributed by atoms with van der Waals surface area (Å²) in [6, 6.07) is 20.7. The molecule has 3 aromatic rings. The van der Waals surface area contributed by atoms with E-state index in [-0.39, 0.29) is 11.3 Å². The molecule has 2 amide bonds. The molecule has 5 N–H and O–H groups in total. The highest BCUT2D eigenvalue weighted by Crippen LogP contribution is 2.28. The molecule has 0 fully saturated rings. The number of hydrazine groups is 1. The molecule has 0 spiro atoms. The van der Waals surface area contributed by atoms with Gasteiger partial charge in [0.15, 0.2) is 17.4 Å². The van der Waals surface area contributed by atoms with Gasteiger partial charge in [0.2, 0.25) is 0 Å². The minimum Gasteiger partial charge on any atom is -0.505 e. The molecule has 8 nitrogen and oxygen atoms in total. The number of fused-ring (bicyclic) bond motifs is 1. The highest BCUT2D eigenvalue weighted by molar-refractivity contribution is 6.23. The summed E-state index contributed by atoms with van der Waals surface area (Å²) in [5.41, 5.74) is 7.66. The lowest BCUT2D eigenvalue weighted by Crippen LogP contribution is -2.44. The number of amides is 2. The van der Waals surface area contributed by atoms with Gasteiger partial charge in [-0.1, -0.05) is 60.7 Å². The molecule has 1 aliphatic heterocycles. The molecule has 0 atom stereocenters. The van der Waals surface area contributed by atoms with Crippen LogP contribution in [0.15, 0.2) is 95.9 Å². The molecular weight excluding hydrogens is 408 g/mol. The van der Waals surface area contributed by atoms with Gasteiger partial charge in [-0.25, -0.2) is 5.01 Å². The number of nitrogens with one attached hydrogen (secondary N) is 2. The number of carbonyl (C=O) groups excluding carboxylic acids is 3. The summed E-state index contributed by atoms with van der Waals surface area (Å²) in [5, 5.41) is 21.2. The quantitative estimate of drug-likeness (QED) is 0.367. The van der Waals surface area contributed by atoms with E-state index in [9.17, 15) is 19.5 Å². The lowest BCUT2D eigenvalue weighted by molar-refractivity contribution is -0.114. The maximum Gasteiger partial charge on any atom is 0.270 e. The van der Waals surface area contributed by atoms with Crippen LogP contribution in [0, 0.1) is 5.41 Å². The normalized spacial score (nSPS) is 14.8. The standard InChI is InChI=1S/C24H18N4O4/c25-22-20(23(26)31)21(30)18(28(22)27-24(32)15-8-2-1-3-9-15)13-19(29)17-12-6-10-14-7-4-5-11-16(14)17/h1-13,25,30H,(H2,26,31)(H,27,32). The molecule has 3 aromatic carbocycles. The van der Waals surface area contributed by atoms with Gasteiger partial charge < -0.3 is 10.8 Å². The molecule has 1 aliphatic rings. The summed E-state index contributed by atoms with van der Waals surface area (Å²) in [7, 11) is 0. The summed E-state index contributed by atoms with van der Waals surface area (Å²) in [6.45, 7) is 0. The Hall–Kier alpha value is -4.72. The highest BCUT2D eigenvalue weighted by atomic mass is 16.3. The van der Waals surface area contributed by atoms with E-state index in [1.54, 1.807) is 54.6 Å². The summed E-state index contributed by atoms with van der Waals surface area (Å²) in [6.07, 6.45) is 1.06. The summed E-state index contributed by atoms with van der Waals surface area (Å²) < 4.78 is 0. The van der Waals surface area contributed by atoms with E-state index >= 15 is 0 Å². The summed E-state index contributed by atoms with van der Waals surface area (Å²) in [4.78, 5) is 37.5. The van der Waals surface area contributed by atoms with Gasteiger partial charge in [0.25, 0.3) is 11.8 Å². The van der Waals surface area contributed by atoms with Gasteiger partial charge in [0, 0.05) is 17.2 Å². The van der Waals surface area contributed by atoms with E-state index in [2.05, 4.69) is 5.43 Å². The first kappa shape index (κ1) is 20.5. The van der Waals surface area contributed by atoms with Crippen molar-refractivity contribution in [3.63, 3.8) is 0 Å². The Labute approximate surface area is 182 Å². The highest BCUT2D eigenvalue weighted by Gasteiger charge is 2.37. The van der Waals surface area contributed by atoms with Gasteiger partial charge in [-0.3, -0.25) is 25.2 Å². The summed E-state index contributed by atoms with van der Waals surface area (Å²) in [5.74, 6) is -3.36. The molecule has 1 heterocycles. The van der Waals surface area contributed by atoms with Crippen molar-refractivity contribution in [2.24, 2.45) is 5.73 Å². The van der Waals surface area contributed by atoms with Gasteiger partial charge in [0.05, 0.1) is 0 Å². The third-order valence-electron chi connectivity index (χ3n) is 5.00. The van der Waals surface area contributed by atoms with Crippen molar-refractivity contribution in [2.75, 3.05) is 0 Å². The van der Waals surface area contributed by atoms with Crippen LogP contribution in [-0.4, -0.2) is 33.5 Å². The van der Waals surface area contributed by atoms with Gasteiger partial charge in [-0.2, -0.15) is 0 Å². The number of carbonyl (C=O) groups is 3. The number of nitrogens with two attached hydrogens (primary N) is 1. The number of allylic oxidation sites excluding steroid dienone is 1. The third kappa shape index (κ3) is 3.61. The van der Waals surface area contributed by atoms with Crippen LogP contribution < -0.4 is 11.2 Å². The zero-order valence-electron chi connectivity index (χ0n) is 16.7. The number of ketones is 1. The van der Waals surface area contributed by atoms with Crippen molar-refractivity contribution in [3.8, 4) is 0 Å². The van der Waals surface area contributed by atoms with Gasteiger partial charge >= 0.3 is 0 Å². The molecule has 0 saturated carbocycles. The first-order valence-electron chi connectivity index (χ1n) is 9.60. The zero-order chi connectivity index (χ0) is 22.8. The number of nitrogens with zero attached hydrogens (tertiary/aromatic N) is 1. The van der Waals surface area contributed by atoms with E-state index in [0.717, 1.165) is 16.5 Å². The van der Waals surface area contributed by atoms with Crippen LogP contribution in [0.3, 0.4) is 0 Å². The summed E-state index contributed by atoms with van der Waals surface area (Å²) >= 11 is 0. The first-order valence-corrected chi connectivity index (χ1v) is 9.60. The Bertz CT molecular complexity index is 1340. The van der Waals surface area contributed by atoms with Crippen molar-refractivity contribution in [2.45, 2.75) is 0 Å². The minimum absolute atomic E-state index is 0.231. The molecule has 0 aromatic heterocycles. The third-order valence-corrected chi connectivity index (χ3v) is 5.00. The van der Waals surface area contributed by atoms with Crippen LogP contribution in [0.25, 0.3) is 10.8 Å². The Kier molecular flexibility index (Phi) is 5.26. The number of amidine groups is 1. The van der Waals surface area contributed by atoms with Crippen LogP contribution in [0.5, 0.6) is 0 Å². The van der Waals surface area contributed by atoms with Crippen LogP contribution in [0.4, 0.5) is 0 Å². The van der Waals surface area contributed by atoms with Crippen molar-refractivity contribution < 1.29 is 19.5 Å². The van der Waals surface area contributed by atoms with E-state index in [1.165, 1.54) is 0 Å². The smallest absolute Gasteiger partial charge is 0.270 e. The Morgan fingerprint density at radius 1 is 0.938 bits per heavy atom. The number of hydrogen-bond acceptors (Lipinski definition) is 5. The number of aliphatic hydroxyl groups excluding tert-OH is 1. The average Bonchev–Trinajstić information content (AvgIpc) is 3.03. The van der Waals surface area contributed by atoms with E-state index in [4.69, 9.17) is 11.1 Å². The second-order valence-electron chi connectivity index (χ2n) is 7.00. The molecule has 8 heteroatoms. The monoisotopic (exact) mass is 426 g/mol. The fourth-order valence-corrected chi connectivity index (χ4v) is 3.46. The van der Waals surface area contributed by atoms with Crippen LogP contribution >= 0.6 is 0 Å². The number of primary amides is 1. The molecular formula is C24H18N4O4. The van der Waals surface area contributed by atoms with Gasteiger partial charge in [0.1, 0.15) is 11.3 Å². The van der Waals surface area contributed by atoms with E-state index < -0.39 is 34.8 Å². The largest absolute Gasteiger partial charge is 0.505 e. The van der Waals surface area contributed by atoms with Crippen LogP contribution in [-0.2, 0) is 4.79 Å². The Morgan fingerprint density at radius 2 is 1.59 bits per heavy atom. The van der Waals surface area contributed by atoms with Crippen molar-refractivity contribution in [1.29, 1.82) is 5.41 Å². The van der Waals surface area contributed by atoms with Crippen LogP contribution in [0.2, 0.25) is 0 Å². The molecule has 158 valence electrons. The second kappa shape index (κ2) is 8.19. The maximum atomic E-state index is 13.1. The molecule has 4 rings (SSSR count). The Morgan fingerprint density at radius 3 is 2.31 bits per heavy atom. The zero-order valence-corrected chi connectivity index (χ0v) is 16.7. The number of rotatable bonds is 5. The predicted octanol–water partition coefficient (Wildman–Crippen LogP) is 2.84. The van der Waals surface area contributed by atoms with Gasteiger partial charge in [-0.15, -0.1) is 0 Å². The fraction of sp³-hybridized carbons (Fsp3) is 0. The predicted molar refractivity (Wildman–Crippen MR) is 119 cm³/mol. The lowest BCUT2D eigenvalue weighted by Gasteiger charge is -2.21. The van der Waals surface area contributed by atoms with Gasteiger partial charge in [-0.05, 0) is 22.9 Å². The van der Waals surface area contributed by atoms with Crippen molar-refractivity contribution in [3.05, 3.63) is 107 Å². The molecule has 0 aliphatic carbocycles. The molecule has 0 radical (unpaired) electrons.